The molecule has 0 saturated carbocycles. The molecule has 0 aliphatic rings. The lowest BCUT2D eigenvalue weighted by atomic mass is 10.1. The zero-order chi connectivity index (χ0) is 15.3. The van der Waals surface area contributed by atoms with Crippen LogP contribution in [0.4, 0.5) is 19.0 Å². The van der Waals surface area contributed by atoms with Gasteiger partial charge in [-0.15, -0.1) is 0 Å². The first kappa shape index (κ1) is 15.6. The van der Waals surface area contributed by atoms with E-state index >= 15 is 0 Å². The van der Waals surface area contributed by atoms with E-state index in [-0.39, 0.29) is 6.61 Å². The number of pyridine rings is 1. The third-order valence-electron chi connectivity index (χ3n) is 2.87. The monoisotopic (exact) mass is 298 g/mol. The van der Waals surface area contributed by atoms with Crippen molar-refractivity contribution >= 4 is 16.7 Å². The van der Waals surface area contributed by atoms with Crippen LogP contribution in [-0.4, -0.2) is 24.3 Å². The van der Waals surface area contributed by atoms with E-state index in [1.165, 1.54) is 0 Å². The van der Waals surface area contributed by atoms with Crippen molar-refractivity contribution in [2.24, 2.45) is 0 Å². The van der Waals surface area contributed by atoms with E-state index in [9.17, 15) is 13.2 Å². The number of hydrogen-bond acceptors (Lipinski definition) is 3. The van der Waals surface area contributed by atoms with Crippen LogP contribution in [0.2, 0.25) is 0 Å². The molecule has 3 nitrogen and oxygen atoms in total. The molecular weight excluding hydrogens is 281 g/mol. The van der Waals surface area contributed by atoms with Crippen molar-refractivity contribution in [3.05, 3.63) is 35.9 Å². The summed E-state index contributed by atoms with van der Waals surface area (Å²) in [5, 5.41) is 4.01. The third kappa shape index (κ3) is 4.60. The van der Waals surface area contributed by atoms with Crippen molar-refractivity contribution in [1.82, 2.24) is 4.98 Å². The van der Waals surface area contributed by atoms with E-state index in [0.717, 1.165) is 17.3 Å². The van der Waals surface area contributed by atoms with Gasteiger partial charge in [0.1, 0.15) is 12.4 Å². The lowest BCUT2D eigenvalue weighted by Crippen LogP contribution is -2.17. The number of benzene rings is 1. The lowest BCUT2D eigenvalue weighted by molar-refractivity contribution is -0.176. The Morgan fingerprint density at radius 2 is 2.00 bits per heavy atom. The van der Waals surface area contributed by atoms with Crippen LogP contribution >= 0.6 is 0 Å². The first-order valence-electron chi connectivity index (χ1n) is 6.76. The number of rotatable bonds is 6. The summed E-state index contributed by atoms with van der Waals surface area (Å²) in [7, 11) is 0. The van der Waals surface area contributed by atoms with E-state index < -0.39 is 12.8 Å². The van der Waals surface area contributed by atoms with Crippen LogP contribution in [0.25, 0.3) is 10.9 Å². The highest BCUT2D eigenvalue weighted by atomic mass is 19.4. The lowest BCUT2D eigenvalue weighted by Gasteiger charge is -2.13. The van der Waals surface area contributed by atoms with E-state index in [2.05, 4.69) is 10.3 Å². The first-order valence-corrected chi connectivity index (χ1v) is 6.76. The Balaban J connectivity index is 2.21. The van der Waals surface area contributed by atoms with Crippen LogP contribution in [0.15, 0.2) is 30.3 Å². The molecule has 2 rings (SSSR count). The maximum absolute atomic E-state index is 12.2. The zero-order valence-corrected chi connectivity index (χ0v) is 11.7. The number of alkyl halides is 3. The number of fused-ring (bicyclic) bond motifs is 1. The van der Waals surface area contributed by atoms with E-state index in [1.54, 1.807) is 0 Å². The second-order valence-corrected chi connectivity index (χ2v) is 4.72. The van der Waals surface area contributed by atoms with Crippen LogP contribution in [0.3, 0.4) is 0 Å². The van der Waals surface area contributed by atoms with Crippen molar-refractivity contribution < 1.29 is 17.9 Å². The molecule has 0 fully saturated rings. The van der Waals surface area contributed by atoms with Crippen LogP contribution in [0.5, 0.6) is 0 Å². The Morgan fingerprint density at radius 1 is 1.24 bits per heavy atom. The molecule has 1 N–H and O–H groups in total. The number of para-hydroxylation sites is 1. The molecule has 0 atom stereocenters. The van der Waals surface area contributed by atoms with Crippen molar-refractivity contribution in [3.63, 3.8) is 0 Å². The molecule has 21 heavy (non-hydrogen) atoms. The molecule has 0 spiro atoms. The predicted octanol–water partition coefficient (Wildman–Crippen LogP) is 4.14. The number of ether oxygens (including phenoxy) is 1. The van der Waals surface area contributed by atoms with Crippen molar-refractivity contribution in [1.29, 1.82) is 0 Å². The number of nitrogens with one attached hydrogen (secondary N) is 1. The van der Waals surface area contributed by atoms with Crippen LogP contribution < -0.4 is 5.32 Å². The first-order chi connectivity index (χ1) is 9.99. The van der Waals surface area contributed by atoms with Crippen LogP contribution in [0, 0.1) is 0 Å². The van der Waals surface area contributed by atoms with Gasteiger partial charge in [-0.1, -0.05) is 25.1 Å². The quantitative estimate of drug-likeness (QED) is 0.870. The van der Waals surface area contributed by atoms with Gasteiger partial charge in [-0.25, -0.2) is 4.98 Å². The Morgan fingerprint density at radius 3 is 2.71 bits per heavy atom. The summed E-state index contributed by atoms with van der Waals surface area (Å²) < 4.78 is 41.2. The molecule has 0 aliphatic heterocycles. The molecule has 0 amide bonds. The van der Waals surface area contributed by atoms with Crippen LogP contribution in [-0.2, 0) is 11.3 Å². The Bertz CT molecular complexity index is 599. The molecule has 1 aromatic heterocycles. The fourth-order valence-electron chi connectivity index (χ4n) is 1.94. The van der Waals surface area contributed by atoms with E-state index in [4.69, 9.17) is 4.74 Å². The summed E-state index contributed by atoms with van der Waals surface area (Å²) >= 11 is 0. The van der Waals surface area contributed by atoms with Gasteiger partial charge in [-0.05, 0) is 18.6 Å². The van der Waals surface area contributed by atoms with Gasteiger partial charge in [0.15, 0.2) is 0 Å². The molecule has 2 aromatic rings. The largest absolute Gasteiger partial charge is 0.411 e. The van der Waals surface area contributed by atoms with Gasteiger partial charge in [-0.3, -0.25) is 0 Å². The standard InChI is InChI=1S/C15H17F3N2O/c1-2-7-19-14-12(9-21-10-15(16,17)18)8-11-5-3-4-6-13(11)20-14/h3-6,8H,2,7,9-10H2,1H3,(H,19,20). The molecule has 1 aromatic carbocycles. The van der Waals surface area contributed by atoms with Gasteiger partial charge in [0, 0.05) is 17.5 Å². The Labute approximate surface area is 121 Å². The molecule has 0 unspecified atom stereocenters. The number of anilines is 1. The Hall–Kier alpha value is -1.82. The summed E-state index contributed by atoms with van der Waals surface area (Å²) in [5.41, 5.74) is 1.43. The van der Waals surface area contributed by atoms with Crippen molar-refractivity contribution in [3.8, 4) is 0 Å². The number of aromatic nitrogens is 1. The average Bonchev–Trinajstić information content (AvgIpc) is 2.43. The predicted molar refractivity (Wildman–Crippen MR) is 76.2 cm³/mol. The highest BCUT2D eigenvalue weighted by Gasteiger charge is 2.27. The SMILES string of the molecule is CCCNc1nc2ccccc2cc1COCC(F)(F)F. The topological polar surface area (TPSA) is 34.2 Å². The minimum atomic E-state index is -4.32. The van der Waals surface area contributed by atoms with Gasteiger partial charge in [0.2, 0.25) is 0 Å². The summed E-state index contributed by atoms with van der Waals surface area (Å²) in [6.07, 6.45) is -3.42. The molecule has 0 bridgehead atoms. The molecule has 0 aliphatic carbocycles. The number of halogens is 3. The zero-order valence-electron chi connectivity index (χ0n) is 11.7. The van der Waals surface area contributed by atoms with Crippen LogP contribution in [0.1, 0.15) is 18.9 Å². The third-order valence-corrected chi connectivity index (χ3v) is 2.87. The molecular formula is C15H17F3N2O. The number of nitrogens with zero attached hydrogens (tertiary/aromatic N) is 1. The summed E-state index contributed by atoms with van der Waals surface area (Å²) in [6.45, 7) is 1.34. The smallest absolute Gasteiger partial charge is 0.370 e. The molecule has 1 heterocycles. The fraction of sp³-hybridized carbons (Fsp3) is 0.400. The fourth-order valence-corrected chi connectivity index (χ4v) is 1.94. The van der Waals surface area contributed by atoms with Gasteiger partial charge in [0.05, 0.1) is 12.1 Å². The molecule has 114 valence electrons. The van der Waals surface area contributed by atoms with E-state index in [0.29, 0.717) is 17.9 Å². The van der Waals surface area contributed by atoms with Gasteiger partial charge in [-0.2, -0.15) is 13.2 Å². The molecule has 6 heteroatoms. The summed E-state index contributed by atoms with van der Waals surface area (Å²) in [6, 6.07) is 9.30. The Kier molecular flexibility index (Phi) is 5.01. The minimum absolute atomic E-state index is 0.122. The second kappa shape index (κ2) is 6.76. The van der Waals surface area contributed by atoms with Gasteiger partial charge >= 0.3 is 6.18 Å². The van der Waals surface area contributed by atoms with E-state index in [1.807, 2.05) is 37.3 Å². The molecule has 0 radical (unpaired) electrons. The minimum Gasteiger partial charge on any atom is -0.370 e. The summed E-state index contributed by atoms with van der Waals surface area (Å²) in [4.78, 5) is 4.46. The normalized spacial score (nSPS) is 11.8. The van der Waals surface area contributed by atoms with Crippen molar-refractivity contribution in [2.45, 2.75) is 26.1 Å². The number of hydrogen-bond donors (Lipinski definition) is 1. The van der Waals surface area contributed by atoms with Gasteiger partial charge < -0.3 is 10.1 Å². The maximum Gasteiger partial charge on any atom is 0.411 e. The van der Waals surface area contributed by atoms with Crippen molar-refractivity contribution in [2.75, 3.05) is 18.5 Å². The molecule has 0 saturated heterocycles. The highest BCUT2D eigenvalue weighted by molar-refractivity contribution is 5.81. The van der Waals surface area contributed by atoms with Gasteiger partial charge in [0.25, 0.3) is 0 Å². The average molecular weight is 298 g/mol. The second-order valence-electron chi connectivity index (χ2n) is 4.72. The summed E-state index contributed by atoms with van der Waals surface area (Å²) in [5.74, 6) is 0.581. The highest BCUT2D eigenvalue weighted by Crippen LogP contribution is 2.22. The maximum atomic E-state index is 12.2.